The second-order valence-electron chi connectivity index (χ2n) is 7.26. The Labute approximate surface area is 187 Å². The molecule has 0 fully saturated rings. The van der Waals surface area contributed by atoms with E-state index in [-0.39, 0.29) is 0 Å². The summed E-state index contributed by atoms with van der Waals surface area (Å²) in [6, 6.07) is 26.1. The van der Waals surface area contributed by atoms with Gasteiger partial charge in [-0.2, -0.15) is 15.0 Å². The maximum Gasteiger partial charge on any atom is 0.122 e. The van der Waals surface area contributed by atoms with Crippen LogP contribution in [0, 0.1) is 0 Å². The molecule has 3 aromatic carbocycles. The van der Waals surface area contributed by atoms with Crippen molar-refractivity contribution in [1.82, 2.24) is 20.3 Å². The van der Waals surface area contributed by atoms with E-state index in [1.54, 1.807) is 11.9 Å². The molecule has 0 aliphatic heterocycles. The Morgan fingerprint density at radius 1 is 0.935 bits per heavy atom. The van der Waals surface area contributed by atoms with Gasteiger partial charge in [0.05, 0.1) is 13.7 Å². The van der Waals surface area contributed by atoms with Crippen LogP contribution in [0.3, 0.4) is 0 Å². The zero-order valence-corrected chi connectivity index (χ0v) is 18.2. The molecule has 1 aromatic heterocycles. The molecule has 6 heteroatoms. The SMILES string of the molecule is COc1ccccc1CCNCc1nn(Cc2cccc(Cl)c2)nc1-c1ccccc1. The number of aromatic nitrogens is 3. The Kier molecular flexibility index (Phi) is 6.97. The summed E-state index contributed by atoms with van der Waals surface area (Å²) in [6.07, 6.45) is 0.876. The van der Waals surface area contributed by atoms with Crippen molar-refractivity contribution < 1.29 is 4.74 Å². The fraction of sp³-hybridized carbons (Fsp3) is 0.200. The minimum atomic E-state index is 0.571. The average molecular weight is 433 g/mol. The predicted octanol–water partition coefficient (Wildman–Crippen LogP) is 4.99. The monoisotopic (exact) mass is 432 g/mol. The second-order valence-corrected chi connectivity index (χ2v) is 7.70. The van der Waals surface area contributed by atoms with E-state index in [0.29, 0.717) is 18.1 Å². The van der Waals surface area contributed by atoms with E-state index in [0.717, 1.165) is 41.2 Å². The van der Waals surface area contributed by atoms with E-state index in [1.165, 1.54) is 5.56 Å². The van der Waals surface area contributed by atoms with Gasteiger partial charge in [-0.25, -0.2) is 0 Å². The highest BCUT2D eigenvalue weighted by atomic mass is 35.5. The summed E-state index contributed by atoms with van der Waals surface area (Å²) in [6.45, 7) is 2.02. The number of hydrogen-bond acceptors (Lipinski definition) is 4. The van der Waals surface area contributed by atoms with Gasteiger partial charge >= 0.3 is 0 Å². The van der Waals surface area contributed by atoms with Crippen LogP contribution in [0.4, 0.5) is 0 Å². The normalized spacial score (nSPS) is 10.9. The summed E-state index contributed by atoms with van der Waals surface area (Å²) in [5.41, 5.74) is 5.13. The van der Waals surface area contributed by atoms with Crippen LogP contribution in [-0.2, 0) is 19.5 Å². The van der Waals surface area contributed by atoms with Gasteiger partial charge in [-0.1, -0.05) is 72.3 Å². The lowest BCUT2D eigenvalue weighted by atomic mass is 10.1. The van der Waals surface area contributed by atoms with E-state index in [9.17, 15) is 0 Å². The number of benzene rings is 3. The molecule has 0 spiro atoms. The Bertz CT molecular complexity index is 1130. The molecule has 0 saturated carbocycles. The summed E-state index contributed by atoms with van der Waals surface area (Å²) >= 11 is 6.13. The zero-order valence-electron chi connectivity index (χ0n) is 17.5. The third-order valence-electron chi connectivity index (χ3n) is 5.04. The lowest BCUT2D eigenvalue weighted by molar-refractivity contribution is 0.409. The van der Waals surface area contributed by atoms with Gasteiger partial charge in [-0.3, -0.25) is 0 Å². The molecule has 4 rings (SSSR count). The van der Waals surface area contributed by atoms with Gasteiger partial charge in [0.2, 0.25) is 0 Å². The van der Waals surface area contributed by atoms with Crippen molar-refractivity contribution in [2.45, 2.75) is 19.5 Å². The standard InChI is InChI=1S/C25H25ClN4O/c1-31-24-13-6-5-9-20(24)14-15-27-17-23-25(21-10-3-2-4-11-21)29-30(28-23)18-19-8-7-12-22(26)16-19/h2-13,16,27H,14-15,17-18H2,1H3. The van der Waals surface area contributed by atoms with Crippen molar-refractivity contribution in [3.8, 4) is 17.0 Å². The second kappa shape index (κ2) is 10.2. The number of nitrogens with zero attached hydrogens (tertiary/aromatic N) is 3. The Balaban J connectivity index is 1.48. The molecule has 0 bridgehead atoms. The Morgan fingerprint density at radius 3 is 2.55 bits per heavy atom. The summed E-state index contributed by atoms with van der Waals surface area (Å²) in [5.74, 6) is 0.918. The maximum atomic E-state index is 6.13. The predicted molar refractivity (Wildman–Crippen MR) is 124 cm³/mol. The fourth-order valence-electron chi connectivity index (χ4n) is 3.53. The topological polar surface area (TPSA) is 52.0 Å². The van der Waals surface area contributed by atoms with Gasteiger partial charge in [0.25, 0.3) is 0 Å². The van der Waals surface area contributed by atoms with Crippen LogP contribution in [0.15, 0.2) is 78.9 Å². The minimum Gasteiger partial charge on any atom is -0.496 e. The smallest absolute Gasteiger partial charge is 0.122 e. The molecule has 1 heterocycles. The van der Waals surface area contributed by atoms with E-state index in [1.807, 2.05) is 60.7 Å². The first kappa shape index (κ1) is 21.1. The molecule has 0 aliphatic carbocycles. The van der Waals surface area contributed by atoms with E-state index >= 15 is 0 Å². The largest absolute Gasteiger partial charge is 0.496 e. The first-order valence-corrected chi connectivity index (χ1v) is 10.7. The van der Waals surface area contributed by atoms with Gasteiger partial charge in [0.1, 0.15) is 17.1 Å². The van der Waals surface area contributed by atoms with Crippen LogP contribution in [0.1, 0.15) is 16.8 Å². The first-order valence-electron chi connectivity index (χ1n) is 10.3. The summed E-state index contributed by atoms with van der Waals surface area (Å²) in [7, 11) is 1.70. The molecule has 0 aliphatic rings. The van der Waals surface area contributed by atoms with Crippen LogP contribution in [0.5, 0.6) is 5.75 Å². The molecular formula is C25H25ClN4O. The molecule has 0 unspecified atom stereocenters. The molecule has 0 atom stereocenters. The molecule has 0 saturated heterocycles. The zero-order chi connectivity index (χ0) is 21.5. The molecule has 4 aromatic rings. The molecular weight excluding hydrogens is 408 g/mol. The van der Waals surface area contributed by atoms with Crippen LogP contribution in [0.2, 0.25) is 5.02 Å². The maximum absolute atomic E-state index is 6.13. The number of para-hydroxylation sites is 1. The molecule has 0 radical (unpaired) electrons. The molecule has 5 nitrogen and oxygen atoms in total. The van der Waals surface area contributed by atoms with Gasteiger partial charge in [-0.15, -0.1) is 0 Å². The quantitative estimate of drug-likeness (QED) is 0.379. The van der Waals surface area contributed by atoms with Crippen molar-refractivity contribution in [2.75, 3.05) is 13.7 Å². The van der Waals surface area contributed by atoms with E-state index in [2.05, 4.69) is 23.5 Å². The number of methoxy groups -OCH3 is 1. The van der Waals surface area contributed by atoms with Gasteiger partial charge in [0, 0.05) is 17.1 Å². The van der Waals surface area contributed by atoms with Gasteiger partial charge in [-0.05, 0) is 42.3 Å². The molecule has 31 heavy (non-hydrogen) atoms. The highest BCUT2D eigenvalue weighted by Crippen LogP contribution is 2.21. The summed E-state index contributed by atoms with van der Waals surface area (Å²) in [4.78, 5) is 1.74. The van der Waals surface area contributed by atoms with E-state index in [4.69, 9.17) is 26.5 Å². The van der Waals surface area contributed by atoms with Crippen molar-refractivity contribution in [2.24, 2.45) is 0 Å². The van der Waals surface area contributed by atoms with Crippen LogP contribution in [0.25, 0.3) is 11.3 Å². The average Bonchev–Trinajstić information content (AvgIpc) is 3.20. The van der Waals surface area contributed by atoms with Gasteiger partial charge in [0.15, 0.2) is 0 Å². The molecule has 1 N–H and O–H groups in total. The lowest BCUT2D eigenvalue weighted by Gasteiger charge is -2.08. The van der Waals surface area contributed by atoms with Crippen LogP contribution >= 0.6 is 11.6 Å². The Morgan fingerprint density at radius 2 is 1.74 bits per heavy atom. The number of nitrogens with one attached hydrogen (secondary N) is 1. The summed E-state index contributed by atoms with van der Waals surface area (Å²) < 4.78 is 5.44. The van der Waals surface area contributed by atoms with Crippen LogP contribution < -0.4 is 10.1 Å². The number of rotatable bonds is 9. The minimum absolute atomic E-state index is 0.571. The first-order chi connectivity index (χ1) is 15.2. The van der Waals surface area contributed by atoms with Crippen molar-refractivity contribution in [3.05, 3.63) is 101 Å². The highest BCUT2D eigenvalue weighted by molar-refractivity contribution is 6.30. The molecule has 158 valence electrons. The Hall–Kier alpha value is -3.15. The van der Waals surface area contributed by atoms with Crippen molar-refractivity contribution in [1.29, 1.82) is 0 Å². The van der Waals surface area contributed by atoms with E-state index < -0.39 is 0 Å². The fourth-order valence-corrected chi connectivity index (χ4v) is 3.74. The number of hydrogen-bond donors (Lipinski definition) is 1. The molecule has 0 amide bonds. The van der Waals surface area contributed by atoms with Crippen molar-refractivity contribution in [3.63, 3.8) is 0 Å². The third kappa shape index (κ3) is 5.51. The van der Waals surface area contributed by atoms with Crippen molar-refractivity contribution >= 4 is 11.6 Å². The lowest BCUT2D eigenvalue weighted by Crippen LogP contribution is -2.18. The number of halogens is 1. The van der Waals surface area contributed by atoms with Gasteiger partial charge < -0.3 is 10.1 Å². The highest BCUT2D eigenvalue weighted by Gasteiger charge is 2.13. The summed E-state index contributed by atoms with van der Waals surface area (Å²) in [5, 5.41) is 13.8. The number of ether oxygens (including phenoxy) is 1. The van der Waals surface area contributed by atoms with Crippen LogP contribution in [-0.4, -0.2) is 28.6 Å². The third-order valence-corrected chi connectivity index (χ3v) is 5.28.